The zero-order valence-electron chi connectivity index (χ0n) is 21.0. The van der Waals surface area contributed by atoms with E-state index in [1.54, 1.807) is 13.8 Å². The molecular formula is C23H28Cl2FN7O4S. The van der Waals surface area contributed by atoms with Gasteiger partial charge in [-0.3, -0.25) is 19.4 Å². The SMILES string of the molecule is Cc1n[nH]c(C)c1-c1ccc(NC(=O)[C@H](CCCC(Cl)Cl)NC(=O)c2ccnn2CCS(C)(=O)=O)nc1F. The monoisotopic (exact) mass is 587 g/mol. The van der Waals surface area contributed by atoms with Crippen LogP contribution in [0.2, 0.25) is 0 Å². The van der Waals surface area contributed by atoms with Gasteiger partial charge in [0.05, 0.1) is 18.0 Å². The lowest BCUT2D eigenvalue weighted by Crippen LogP contribution is -2.44. The number of anilines is 1. The summed E-state index contributed by atoms with van der Waals surface area (Å²) >= 11 is 11.6. The summed E-state index contributed by atoms with van der Waals surface area (Å²) in [5.74, 6) is -2.31. The number of alkyl halides is 2. The molecule has 3 aromatic rings. The smallest absolute Gasteiger partial charge is 0.270 e. The maximum Gasteiger partial charge on any atom is 0.270 e. The summed E-state index contributed by atoms with van der Waals surface area (Å²) in [5.41, 5.74) is 2.18. The fourth-order valence-electron chi connectivity index (χ4n) is 3.78. The van der Waals surface area contributed by atoms with Gasteiger partial charge in [0, 0.05) is 29.3 Å². The molecule has 3 rings (SSSR count). The van der Waals surface area contributed by atoms with Gasteiger partial charge in [-0.25, -0.2) is 13.4 Å². The van der Waals surface area contributed by atoms with Crippen LogP contribution in [-0.2, 0) is 21.2 Å². The highest BCUT2D eigenvalue weighted by Crippen LogP contribution is 2.28. The minimum atomic E-state index is -3.28. The van der Waals surface area contributed by atoms with E-state index < -0.39 is 38.5 Å². The number of halogens is 3. The minimum Gasteiger partial charge on any atom is -0.339 e. The molecule has 3 aromatic heterocycles. The van der Waals surface area contributed by atoms with Gasteiger partial charge in [0.2, 0.25) is 11.9 Å². The number of hydrogen-bond acceptors (Lipinski definition) is 7. The molecule has 0 aliphatic carbocycles. The first-order valence-corrected chi connectivity index (χ1v) is 14.6. The first kappa shape index (κ1) is 29.5. The molecule has 3 N–H and O–H groups in total. The molecular weight excluding hydrogens is 560 g/mol. The van der Waals surface area contributed by atoms with Gasteiger partial charge < -0.3 is 10.6 Å². The third-order valence-electron chi connectivity index (χ3n) is 5.66. The molecule has 0 radical (unpaired) electrons. The van der Waals surface area contributed by atoms with Crippen LogP contribution in [0, 0.1) is 19.8 Å². The lowest BCUT2D eigenvalue weighted by atomic mass is 10.1. The summed E-state index contributed by atoms with van der Waals surface area (Å²) in [6.07, 6.45) is 3.40. The Balaban J connectivity index is 1.76. The molecule has 11 nitrogen and oxygen atoms in total. The lowest BCUT2D eigenvalue weighted by molar-refractivity contribution is -0.118. The maximum atomic E-state index is 14.9. The van der Waals surface area contributed by atoms with Crippen molar-refractivity contribution in [3.63, 3.8) is 0 Å². The summed E-state index contributed by atoms with van der Waals surface area (Å²) in [6, 6.07) is 3.31. The zero-order valence-corrected chi connectivity index (χ0v) is 23.3. The molecule has 2 amide bonds. The van der Waals surface area contributed by atoms with Gasteiger partial charge in [0.25, 0.3) is 5.91 Å². The largest absolute Gasteiger partial charge is 0.339 e. The highest BCUT2D eigenvalue weighted by Gasteiger charge is 2.25. The number of nitrogens with one attached hydrogen (secondary N) is 3. The molecule has 0 saturated carbocycles. The molecule has 0 fully saturated rings. The van der Waals surface area contributed by atoms with Gasteiger partial charge in [0.15, 0.2) is 0 Å². The van der Waals surface area contributed by atoms with Crippen LogP contribution < -0.4 is 10.6 Å². The Morgan fingerprint density at radius 1 is 1.18 bits per heavy atom. The van der Waals surface area contributed by atoms with Crippen molar-refractivity contribution in [2.75, 3.05) is 17.3 Å². The third-order valence-corrected chi connectivity index (χ3v) is 7.02. The van der Waals surface area contributed by atoms with E-state index in [1.165, 1.54) is 29.1 Å². The van der Waals surface area contributed by atoms with Crippen molar-refractivity contribution in [3.8, 4) is 11.1 Å². The van der Waals surface area contributed by atoms with Crippen molar-refractivity contribution >= 4 is 50.7 Å². The van der Waals surface area contributed by atoms with Crippen LogP contribution in [0.4, 0.5) is 10.2 Å². The van der Waals surface area contributed by atoms with Gasteiger partial charge in [-0.05, 0) is 51.3 Å². The number of pyridine rings is 1. The van der Waals surface area contributed by atoms with Gasteiger partial charge >= 0.3 is 0 Å². The number of aromatic amines is 1. The van der Waals surface area contributed by atoms with Crippen molar-refractivity contribution < 1.29 is 22.4 Å². The second kappa shape index (κ2) is 12.7. The normalized spacial score (nSPS) is 12.5. The number of amides is 2. The van der Waals surface area contributed by atoms with Crippen LogP contribution in [0.5, 0.6) is 0 Å². The van der Waals surface area contributed by atoms with Crippen molar-refractivity contribution in [3.05, 3.63) is 47.4 Å². The van der Waals surface area contributed by atoms with E-state index >= 15 is 0 Å². The summed E-state index contributed by atoms with van der Waals surface area (Å²) in [6.45, 7) is 3.47. The number of aryl methyl sites for hydroxylation is 3. The topological polar surface area (TPSA) is 152 Å². The van der Waals surface area contributed by atoms with Crippen LogP contribution in [-0.4, -0.2) is 68.1 Å². The Labute approximate surface area is 229 Å². The Kier molecular flexibility index (Phi) is 9.85. The average molecular weight is 588 g/mol. The quantitative estimate of drug-likeness (QED) is 0.217. The predicted molar refractivity (Wildman–Crippen MR) is 142 cm³/mol. The molecule has 1 atom stereocenters. The lowest BCUT2D eigenvalue weighted by Gasteiger charge is -2.19. The summed E-state index contributed by atoms with van der Waals surface area (Å²) in [7, 11) is -3.28. The van der Waals surface area contributed by atoms with Crippen molar-refractivity contribution in [1.82, 2.24) is 30.3 Å². The van der Waals surface area contributed by atoms with Crippen LogP contribution in [0.3, 0.4) is 0 Å². The minimum absolute atomic E-state index is 0.0310. The molecule has 0 unspecified atom stereocenters. The zero-order chi connectivity index (χ0) is 28.0. The number of carbonyl (C=O) groups is 2. The summed E-state index contributed by atoms with van der Waals surface area (Å²) < 4.78 is 39.1. The second-order valence-corrected chi connectivity index (χ2v) is 12.3. The average Bonchev–Trinajstić information content (AvgIpc) is 3.43. The molecule has 206 valence electrons. The molecule has 0 bridgehead atoms. The molecule has 0 aromatic carbocycles. The van der Waals surface area contributed by atoms with Crippen LogP contribution >= 0.6 is 23.2 Å². The van der Waals surface area contributed by atoms with E-state index in [0.717, 1.165) is 6.26 Å². The first-order valence-electron chi connectivity index (χ1n) is 11.6. The maximum absolute atomic E-state index is 14.9. The Morgan fingerprint density at radius 2 is 1.92 bits per heavy atom. The van der Waals surface area contributed by atoms with Gasteiger partial charge in [0.1, 0.15) is 32.2 Å². The fraction of sp³-hybridized carbons (Fsp3) is 0.435. The number of rotatable bonds is 12. The molecule has 38 heavy (non-hydrogen) atoms. The standard InChI is InChI=1S/C23H28Cl2FN7O4S/c1-13-20(14(2)32-31-13)15-7-8-19(29-21(15)26)30-22(34)16(5-4-6-18(24)25)28-23(35)17-9-10-27-33(17)11-12-38(3,36)37/h7-10,16,18H,4-6,11-12H2,1-3H3,(H,28,35)(H,31,32)(H,29,30,34)/t16-/m0/s1. The molecule has 0 spiro atoms. The highest BCUT2D eigenvalue weighted by atomic mass is 35.5. The second-order valence-electron chi connectivity index (χ2n) is 8.75. The molecule has 15 heteroatoms. The third kappa shape index (κ3) is 7.98. The molecule has 0 aliphatic heterocycles. The number of aromatic nitrogens is 5. The predicted octanol–water partition coefficient (Wildman–Crippen LogP) is 3.18. The summed E-state index contributed by atoms with van der Waals surface area (Å²) in [5, 5.41) is 16.0. The Morgan fingerprint density at radius 3 is 2.53 bits per heavy atom. The number of nitrogens with zero attached hydrogens (tertiary/aromatic N) is 4. The van der Waals surface area contributed by atoms with Gasteiger partial charge in [-0.15, -0.1) is 23.2 Å². The van der Waals surface area contributed by atoms with E-state index in [1.807, 2.05) is 0 Å². The van der Waals surface area contributed by atoms with Crippen molar-refractivity contribution in [2.45, 2.75) is 50.5 Å². The molecule has 3 heterocycles. The van der Waals surface area contributed by atoms with Crippen LogP contribution in [0.15, 0.2) is 24.4 Å². The molecule has 0 saturated heterocycles. The van der Waals surface area contributed by atoms with Crippen LogP contribution in [0.25, 0.3) is 11.1 Å². The van der Waals surface area contributed by atoms with E-state index in [9.17, 15) is 22.4 Å². The van der Waals surface area contributed by atoms with Gasteiger partial charge in [-0.2, -0.15) is 14.6 Å². The van der Waals surface area contributed by atoms with Crippen molar-refractivity contribution in [2.24, 2.45) is 0 Å². The number of carbonyl (C=O) groups excluding carboxylic acids is 2. The first-order chi connectivity index (χ1) is 17.9. The van der Waals surface area contributed by atoms with E-state index in [0.29, 0.717) is 29.8 Å². The fourth-order valence-corrected chi connectivity index (χ4v) is 4.60. The number of H-pyrrole nitrogens is 1. The summed E-state index contributed by atoms with van der Waals surface area (Å²) in [4.78, 5) is 29.3. The van der Waals surface area contributed by atoms with Gasteiger partial charge in [-0.1, -0.05) is 0 Å². The van der Waals surface area contributed by atoms with E-state index in [-0.39, 0.29) is 35.8 Å². The Hall–Kier alpha value is -3.03. The van der Waals surface area contributed by atoms with Crippen LogP contribution in [0.1, 0.15) is 41.1 Å². The number of hydrogen-bond donors (Lipinski definition) is 3. The van der Waals surface area contributed by atoms with E-state index in [2.05, 4.69) is 30.9 Å². The Bertz CT molecular complexity index is 1390. The van der Waals surface area contributed by atoms with E-state index in [4.69, 9.17) is 23.2 Å². The highest BCUT2D eigenvalue weighted by molar-refractivity contribution is 7.90. The van der Waals surface area contributed by atoms with Crippen molar-refractivity contribution in [1.29, 1.82) is 0 Å². The molecule has 0 aliphatic rings. The number of sulfone groups is 1.